The average Bonchev–Trinajstić information content (AvgIpc) is 2.92. The largest absolute Gasteiger partial charge is 0.391 e. The zero-order valence-corrected chi connectivity index (χ0v) is 27.6. The van der Waals surface area contributed by atoms with Crippen LogP contribution in [0.3, 0.4) is 0 Å². The van der Waals surface area contributed by atoms with Crippen LogP contribution in [0.15, 0.2) is 0 Å². The van der Waals surface area contributed by atoms with Crippen LogP contribution in [0.25, 0.3) is 0 Å². The second kappa shape index (κ2) is 25.8. The third-order valence-corrected chi connectivity index (χ3v) is 5.59. The Bertz CT molecular complexity index is 561. The molecule has 0 aliphatic rings. The number of hydrogen-bond acceptors (Lipinski definition) is 12. The Morgan fingerprint density at radius 1 is 0.310 bits per heavy atom. The van der Waals surface area contributed by atoms with Gasteiger partial charge in [0.25, 0.3) is 0 Å². The molecule has 12 nitrogen and oxygen atoms in total. The van der Waals surface area contributed by atoms with Gasteiger partial charge in [-0.25, -0.2) is 0 Å². The summed E-state index contributed by atoms with van der Waals surface area (Å²) in [4.78, 5) is 0. The highest BCUT2D eigenvalue weighted by molar-refractivity contribution is 4.62. The van der Waals surface area contributed by atoms with Gasteiger partial charge in [0.05, 0.1) is 128 Å². The maximum absolute atomic E-state index is 9.37. The van der Waals surface area contributed by atoms with Gasteiger partial charge in [0.15, 0.2) is 0 Å². The third kappa shape index (κ3) is 27.1. The SMILES string of the molecule is CC(O)COC(C)COC(C)COCC(COCC(C)OCC(C)OCC(C)O)OCC(C)OCC(C)OCC(C)O. The number of hydrogen-bond donors (Lipinski definition) is 3. The maximum Gasteiger partial charge on any atom is 0.104 e. The van der Waals surface area contributed by atoms with Gasteiger partial charge >= 0.3 is 0 Å². The van der Waals surface area contributed by atoms with Gasteiger partial charge in [-0.15, -0.1) is 0 Å². The second-order valence-electron chi connectivity index (χ2n) is 11.4. The van der Waals surface area contributed by atoms with E-state index in [2.05, 4.69) is 0 Å². The molecule has 0 heterocycles. The van der Waals surface area contributed by atoms with E-state index in [0.717, 1.165) is 0 Å². The van der Waals surface area contributed by atoms with Crippen LogP contribution < -0.4 is 0 Å². The quantitative estimate of drug-likeness (QED) is 0.113. The predicted molar refractivity (Wildman–Crippen MR) is 159 cm³/mol. The monoisotopic (exact) mass is 614 g/mol. The topological polar surface area (TPSA) is 144 Å². The molecule has 254 valence electrons. The van der Waals surface area contributed by atoms with Crippen molar-refractivity contribution in [2.75, 3.05) is 72.7 Å². The van der Waals surface area contributed by atoms with Crippen LogP contribution in [0, 0.1) is 0 Å². The fraction of sp³-hybridized carbons (Fsp3) is 1.00. The van der Waals surface area contributed by atoms with Crippen molar-refractivity contribution in [1.29, 1.82) is 0 Å². The van der Waals surface area contributed by atoms with Crippen molar-refractivity contribution in [1.82, 2.24) is 0 Å². The highest BCUT2D eigenvalue weighted by Gasteiger charge is 2.17. The Morgan fingerprint density at radius 2 is 0.548 bits per heavy atom. The summed E-state index contributed by atoms with van der Waals surface area (Å²) >= 11 is 0. The van der Waals surface area contributed by atoms with Crippen LogP contribution in [-0.2, 0) is 42.6 Å². The normalized spacial score (nSPS) is 19.4. The Morgan fingerprint density at radius 3 is 0.833 bits per heavy atom. The summed E-state index contributed by atoms with van der Waals surface area (Å²) in [6.45, 7) is 20.2. The lowest BCUT2D eigenvalue weighted by molar-refractivity contribution is -0.122. The molecule has 0 fully saturated rings. The molecule has 0 aliphatic heterocycles. The zero-order chi connectivity index (χ0) is 31.9. The van der Waals surface area contributed by atoms with Crippen LogP contribution in [0.5, 0.6) is 0 Å². The summed E-state index contributed by atoms with van der Waals surface area (Å²) in [5.74, 6) is 0. The van der Waals surface area contributed by atoms with Crippen molar-refractivity contribution >= 4 is 0 Å². The van der Waals surface area contributed by atoms with Crippen LogP contribution in [-0.4, -0.2) is 149 Å². The molecule has 0 bridgehead atoms. The summed E-state index contributed by atoms with van der Waals surface area (Å²) in [6, 6.07) is 0. The first-order valence-corrected chi connectivity index (χ1v) is 15.3. The molecule has 12 heteroatoms. The zero-order valence-electron chi connectivity index (χ0n) is 27.6. The van der Waals surface area contributed by atoms with Crippen LogP contribution >= 0.6 is 0 Å². The molecular weight excluding hydrogens is 552 g/mol. The van der Waals surface area contributed by atoms with Gasteiger partial charge in [0, 0.05) is 0 Å². The summed E-state index contributed by atoms with van der Waals surface area (Å²) in [7, 11) is 0. The molecule has 0 rings (SSSR count). The molecule has 3 N–H and O–H groups in total. The van der Waals surface area contributed by atoms with Crippen LogP contribution in [0.2, 0.25) is 0 Å². The van der Waals surface area contributed by atoms with Gasteiger partial charge in [0.1, 0.15) is 6.10 Å². The molecule has 9 unspecified atom stereocenters. The maximum atomic E-state index is 9.37. The molecule has 0 amide bonds. The van der Waals surface area contributed by atoms with E-state index in [1.165, 1.54) is 0 Å². The minimum absolute atomic E-state index is 0.134. The highest BCUT2D eigenvalue weighted by atomic mass is 16.6. The Kier molecular flexibility index (Phi) is 25.5. The molecule has 0 aromatic carbocycles. The molecule has 0 aromatic rings. The Hall–Kier alpha value is -0.480. The first-order valence-electron chi connectivity index (χ1n) is 15.3. The van der Waals surface area contributed by atoms with Gasteiger partial charge in [-0.3, -0.25) is 0 Å². The average molecular weight is 615 g/mol. The van der Waals surface area contributed by atoms with Crippen molar-refractivity contribution in [2.24, 2.45) is 0 Å². The molecule has 0 aliphatic carbocycles. The fourth-order valence-corrected chi connectivity index (χ4v) is 3.25. The van der Waals surface area contributed by atoms with Crippen LogP contribution in [0.1, 0.15) is 62.3 Å². The molecule has 0 aromatic heterocycles. The number of rotatable bonds is 29. The van der Waals surface area contributed by atoms with Crippen molar-refractivity contribution in [2.45, 2.75) is 123 Å². The first-order chi connectivity index (χ1) is 19.8. The highest BCUT2D eigenvalue weighted by Crippen LogP contribution is 2.06. The number of aliphatic hydroxyl groups is 3. The van der Waals surface area contributed by atoms with Gasteiger partial charge in [-0.05, 0) is 62.3 Å². The third-order valence-electron chi connectivity index (χ3n) is 5.59. The van der Waals surface area contributed by atoms with E-state index in [1.807, 2.05) is 41.5 Å². The van der Waals surface area contributed by atoms with E-state index < -0.39 is 18.3 Å². The van der Waals surface area contributed by atoms with Crippen molar-refractivity contribution in [3.05, 3.63) is 0 Å². The van der Waals surface area contributed by atoms with Gasteiger partial charge in [-0.2, -0.15) is 0 Å². The minimum Gasteiger partial charge on any atom is -0.391 e. The number of ether oxygens (including phenoxy) is 9. The molecule has 0 saturated heterocycles. The summed E-state index contributed by atoms with van der Waals surface area (Å²) in [5.41, 5.74) is 0. The molecule has 0 spiro atoms. The van der Waals surface area contributed by atoms with E-state index >= 15 is 0 Å². The van der Waals surface area contributed by atoms with Crippen LogP contribution in [0.4, 0.5) is 0 Å². The molecule has 0 radical (unpaired) electrons. The molecular formula is C30H62O12. The van der Waals surface area contributed by atoms with Gasteiger partial charge in [0.2, 0.25) is 0 Å². The van der Waals surface area contributed by atoms with E-state index in [4.69, 9.17) is 42.6 Å². The second-order valence-corrected chi connectivity index (χ2v) is 11.4. The Balaban J connectivity index is 4.58. The van der Waals surface area contributed by atoms with Gasteiger partial charge in [-0.1, -0.05) is 0 Å². The molecule has 42 heavy (non-hydrogen) atoms. The van der Waals surface area contributed by atoms with Crippen molar-refractivity contribution in [3.8, 4) is 0 Å². The lowest BCUT2D eigenvalue weighted by Crippen LogP contribution is -2.33. The van der Waals surface area contributed by atoms with E-state index in [0.29, 0.717) is 52.9 Å². The first kappa shape index (κ1) is 41.5. The van der Waals surface area contributed by atoms with E-state index in [1.54, 1.807) is 20.8 Å². The van der Waals surface area contributed by atoms with Gasteiger partial charge < -0.3 is 58.0 Å². The predicted octanol–water partition coefficient (Wildman–Crippen LogP) is 1.98. The lowest BCUT2D eigenvalue weighted by Gasteiger charge is -2.24. The standard InChI is InChI=1S/C30H62O12/c1-21(31)10-36-26(6)15-39-24(4)13-34-19-30(42-18-29(9)41-17-28(8)38-12-23(3)33)20-35-14-25(5)40-16-27(7)37-11-22(2)32/h21-33H,10-20H2,1-9H3. The Labute approximate surface area is 254 Å². The van der Waals surface area contributed by atoms with Crippen molar-refractivity contribution in [3.63, 3.8) is 0 Å². The molecule has 0 saturated carbocycles. The lowest BCUT2D eigenvalue weighted by atomic mass is 10.3. The summed E-state index contributed by atoms with van der Waals surface area (Å²) in [6.07, 6.45) is -2.78. The summed E-state index contributed by atoms with van der Waals surface area (Å²) < 4.78 is 51.9. The smallest absolute Gasteiger partial charge is 0.104 e. The minimum atomic E-state index is -0.520. The molecule has 9 atom stereocenters. The fourth-order valence-electron chi connectivity index (χ4n) is 3.25. The number of aliphatic hydroxyl groups excluding tert-OH is 3. The summed E-state index contributed by atoms with van der Waals surface area (Å²) in [5, 5.41) is 28.1. The van der Waals surface area contributed by atoms with E-state index in [9.17, 15) is 15.3 Å². The van der Waals surface area contributed by atoms with E-state index in [-0.39, 0.29) is 62.5 Å². The van der Waals surface area contributed by atoms with Crippen molar-refractivity contribution < 1.29 is 58.0 Å².